The number of hydrogen-bond acceptors (Lipinski definition) is 4. The first-order valence-electron chi connectivity index (χ1n) is 6.40. The highest BCUT2D eigenvalue weighted by molar-refractivity contribution is 9.09. The Labute approximate surface area is 133 Å². The molecule has 1 aromatic heterocycles. The number of methoxy groups -OCH3 is 1. The number of pyridine rings is 1. The maximum atomic E-state index is 12.7. The number of benzene rings is 1. The standard InChI is InChI=1S/C14H17BrN2O3S/c1-17(9-11(15)10-20-2)21(18,19)14-7-3-6-13-12(14)5-4-8-16-13/h3-8,11H,9-10H2,1-2H3. The maximum Gasteiger partial charge on any atom is 0.243 e. The summed E-state index contributed by atoms with van der Waals surface area (Å²) in [5.74, 6) is 0. The van der Waals surface area contributed by atoms with Crippen molar-refractivity contribution in [1.82, 2.24) is 9.29 Å². The highest BCUT2D eigenvalue weighted by Gasteiger charge is 2.24. The summed E-state index contributed by atoms with van der Waals surface area (Å²) in [7, 11) is -0.425. The quantitative estimate of drug-likeness (QED) is 0.729. The Bertz CT molecular complexity index is 716. The number of fused-ring (bicyclic) bond motifs is 1. The van der Waals surface area contributed by atoms with Crippen LogP contribution in [-0.2, 0) is 14.8 Å². The molecule has 0 saturated carbocycles. The van der Waals surface area contributed by atoms with E-state index < -0.39 is 10.0 Å². The summed E-state index contributed by atoms with van der Waals surface area (Å²) >= 11 is 3.41. The van der Waals surface area contributed by atoms with Crippen LogP contribution in [0.1, 0.15) is 0 Å². The molecule has 0 amide bonds. The van der Waals surface area contributed by atoms with Gasteiger partial charge in [0.2, 0.25) is 10.0 Å². The zero-order valence-corrected chi connectivity index (χ0v) is 14.3. The van der Waals surface area contributed by atoms with Gasteiger partial charge >= 0.3 is 0 Å². The normalized spacial score (nSPS) is 13.7. The van der Waals surface area contributed by atoms with Crippen molar-refractivity contribution >= 4 is 36.9 Å². The summed E-state index contributed by atoms with van der Waals surface area (Å²) in [6, 6.07) is 8.61. The monoisotopic (exact) mass is 372 g/mol. The van der Waals surface area contributed by atoms with Gasteiger partial charge in [0.25, 0.3) is 0 Å². The molecule has 5 nitrogen and oxygen atoms in total. The molecular formula is C14H17BrN2O3S. The summed E-state index contributed by atoms with van der Waals surface area (Å²) < 4.78 is 31.8. The van der Waals surface area contributed by atoms with Gasteiger partial charge in [-0.1, -0.05) is 22.0 Å². The summed E-state index contributed by atoms with van der Waals surface area (Å²) in [4.78, 5) is 4.40. The molecule has 2 rings (SSSR count). The van der Waals surface area contributed by atoms with Gasteiger partial charge in [-0.25, -0.2) is 8.42 Å². The number of ether oxygens (including phenoxy) is 1. The van der Waals surface area contributed by atoms with Crippen LogP contribution < -0.4 is 0 Å². The SMILES string of the molecule is COCC(Br)CN(C)S(=O)(=O)c1cccc2ncccc12. The Morgan fingerprint density at radius 2 is 2.10 bits per heavy atom. The number of hydrogen-bond donors (Lipinski definition) is 0. The molecule has 1 aromatic carbocycles. The van der Waals surface area contributed by atoms with E-state index in [4.69, 9.17) is 4.74 Å². The lowest BCUT2D eigenvalue weighted by Gasteiger charge is -2.20. The number of alkyl halides is 1. The highest BCUT2D eigenvalue weighted by Crippen LogP contribution is 2.24. The molecule has 0 spiro atoms. The number of nitrogens with zero attached hydrogens (tertiary/aromatic N) is 2. The Morgan fingerprint density at radius 1 is 1.33 bits per heavy atom. The average Bonchev–Trinajstić information content (AvgIpc) is 2.46. The van der Waals surface area contributed by atoms with Crippen LogP contribution in [0.25, 0.3) is 10.9 Å². The molecular weight excluding hydrogens is 356 g/mol. The van der Waals surface area contributed by atoms with E-state index >= 15 is 0 Å². The fraction of sp³-hybridized carbons (Fsp3) is 0.357. The van der Waals surface area contributed by atoms with Crippen molar-refractivity contribution < 1.29 is 13.2 Å². The molecule has 21 heavy (non-hydrogen) atoms. The van der Waals surface area contributed by atoms with Crippen LogP contribution >= 0.6 is 15.9 Å². The van der Waals surface area contributed by atoms with Gasteiger partial charge in [-0.3, -0.25) is 4.98 Å². The minimum Gasteiger partial charge on any atom is -0.383 e. The van der Waals surface area contributed by atoms with E-state index in [2.05, 4.69) is 20.9 Å². The summed E-state index contributed by atoms with van der Waals surface area (Å²) in [6.45, 7) is 0.768. The average molecular weight is 373 g/mol. The van der Waals surface area contributed by atoms with E-state index in [1.54, 1.807) is 50.7 Å². The van der Waals surface area contributed by atoms with Crippen molar-refractivity contribution in [2.45, 2.75) is 9.72 Å². The largest absolute Gasteiger partial charge is 0.383 e. The van der Waals surface area contributed by atoms with Gasteiger partial charge in [-0.15, -0.1) is 0 Å². The molecule has 0 aliphatic carbocycles. The first-order chi connectivity index (χ1) is 9.96. The van der Waals surface area contributed by atoms with Crippen LogP contribution in [0.15, 0.2) is 41.4 Å². The fourth-order valence-electron chi connectivity index (χ4n) is 2.08. The first kappa shape index (κ1) is 16.4. The fourth-order valence-corrected chi connectivity index (χ4v) is 4.38. The van der Waals surface area contributed by atoms with Crippen LogP contribution in [0.5, 0.6) is 0 Å². The van der Waals surface area contributed by atoms with E-state index in [1.165, 1.54) is 4.31 Å². The van der Waals surface area contributed by atoms with E-state index in [0.29, 0.717) is 24.1 Å². The van der Waals surface area contributed by atoms with Gasteiger partial charge < -0.3 is 4.74 Å². The number of aromatic nitrogens is 1. The van der Waals surface area contributed by atoms with Crippen LogP contribution in [0.4, 0.5) is 0 Å². The van der Waals surface area contributed by atoms with Gasteiger partial charge in [0, 0.05) is 32.3 Å². The number of sulfonamides is 1. The Hall–Kier alpha value is -1.02. The summed E-state index contributed by atoms with van der Waals surface area (Å²) in [6.07, 6.45) is 1.65. The van der Waals surface area contributed by atoms with Gasteiger partial charge in [0.05, 0.1) is 21.8 Å². The predicted molar refractivity (Wildman–Crippen MR) is 86.1 cm³/mol. The Kier molecular flexibility index (Phi) is 5.32. The lowest BCUT2D eigenvalue weighted by atomic mass is 10.2. The van der Waals surface area contributed by atoms with Gasteiger partial charge in [0.1, 0.15) is 0 Å². The van der Waals surface area contributed by atoms with Crippen molar-refractivity contribution in [2.24, 2.45) is 0 Å². The predicted octanol–water partition coefficient (Wildman–Crippen LogP) is 2.27. The summed E-state index contributed by atoms with van der Waals surface area (Å²) in [5, 5.41) is 0.629. The second-order valence-electron chi connectivity index (χ2n) is 4.66. The number of halogens is 1. The molecule has 0 aliphatic heterocycles. The van der Waals surface area contributed by atoms with Crippen molar-refractivity contribution in [3.8, 4) is 0 Å². The molecule has 1 atom stereocenters. The molecule has 0 radical (unpaired) electrons. The minimum absolute atomic E-state index is 0.0598. The molecule has 0 N–H and O–H groups in total. The zero-order chi connectivity index (χ0) is 15.5. The molecule has 7 heteroatoms. The Morgan fingerprint density at radius 3 is 2.81 bits per heavy atom. The molecule has 0 aliphatic rings. The van der Waals surface area contributed by atoms with Crippen molar-refractivity contribution in [3.63, 3.8) is 0 Å². The second kappa shape index (κ2) is 6.83. The molecule has 2 aromatic rings. The summed E-state index contributed by atoms with van der Waals surface area (Å²) in [5.41, 5.74) is 0.666. The minimum atomic E-state index is -3.57. The lowest BCUT2D eigenvalue weighted by molar-refractivity contribution is 0.195. The van der Waals surface area contributed by atoms with E-state index in [0.717, 1.165) is 0 Å². The smallest absolute Gasteiger partial charge is 0.243 e. The van der Waals surface area contributed by atoms with E-state index in [1.807, 2.05) is 0 Å². The van der Waals surface area contributed by atoms with Crippen molar-refractivity contribution in [2.75, 3.05) is 27.3 Å². The van der Waals surface area contributed by atoms with E-state index in [9.17, 15) is 8.42 Å². The van der Waals surface area contributed by atoms with Crippen LogP contribution in [0.2, 0.25) is 0 Å². The topological polar surface area (TPSA) is 59.5 Å². The van der Waals surface area contributed by atoms with Gasteiger partial charge in [-0.05, 0) is 24.3 Å². The molecule has 1 unspecified atom stereocenters. The first-order valence-corrected chi connectivity index (χ1v) is 8.75. The van der Waals surface area contributed by atoms with Crippen LogP contribution in [0.3, 0.4) is 0 Å². The van der Waals surface area contributed by atoms with Crippen LogP contribution in [-0.4, -0.2) is 49.8 Å². The molecule has 1 heterocycles. The molecule has 0 saturated heterocycles. The lowest BCUT2D eigenvalue weighted by Crippen LogP contribution is -2.33. The zero-order valence-electron chi connectivity index (χ0n) is 11.9. The third-order valence-electron chi connectivity index (χ3n) is 3.10. The molecule has 0 bridgehead atoms. The van der Waals surface area contributed by atoms with Crippen molar-refractivity contribution in [3.05, 3.63) is 36.5 Å². The van der Waals surface area contributed by atoms with Gasteiger partial charge in [-0.2, -0.15) is 4.31 Å². The number of rotatable bonds is 6. The third kappa shape index (κ3) is 3.60. The third-order valence-corrected chi connectivity index (χ3v) is 5.53. The maximum absolute atomic E-state index is 12.7. The highest BCUT2D eigenvalue weighted by atomic mass is 79.9. The molecule has 114 valence electrons. The van der Waals surface area contributed by atoms with E-state index in [-0.39, 0.29) is 9.72 Å². The van der Waals surface area contributed by atoms with Gasteiger partial charge in [0.15, 0.2) is 0 Å². The van der Waals surface area contributed by atoms with Crippen LogP contribution in [0, 0.1) is 0 Å². The second-order valence-corrected chi connectivity index (χ2v) is 7.97. The molecule has 0 fully saturated rings. The Balaban J connectivity index is 2.38. The van der Waals surface area contributed by atoms with Crippen molar-refractivity contribution in [1.29, 1.82) is 0 Å².